The van der Waals surface area contributed by atoms with Gasteiger partial charge in [0, 0.05) is 11.1 Å². The van der Waals surface area contributed by atoms with Gasteiger partial charge in [-0.25, -0.2) is 0 Å². The van der Waals surface area contributed by atoms with Crippen LogP contribution in [0, 0.1) is 10.8 Å². The molecule has 0 saturated carbocycles. The van der Waals surface area contributed by atoms with Crippen molar-refractivity contribution in [3.8, 4) is 0 Å². The van der Waals surface area contributed by atoms with E-state index >= 15 is 0 Å². The minimum absolute atomic E-state index is 6.60. The summed E-state index contributed by atoms with van der Waals surface area (Å²) in [6.07, 6.45) is -53.7. The molecule has 0 fully saturated rings. The highest BCUT2D eigenvalue weighted by molar-refractivity contribution is 5.52. The smallest absolute Gasteiger partial charge is 0.194 e. The Kier molecular flexibility index (Phi) is 6.78. The number of hydrogen-bond acceptors (Lipinski definition) is 0. The first-order valence-electron chi connectivity index (χ1n) is 7.79. The van der Waals surface area contributed by atoms with Crippen molar-refractivity contribution >= 4 is 0 Å². The van der Waals surface area contributed by atoms with Crippen LogP contribution in [0.4, 0.5) is 105 Å². The van der Waals surface area contributed by atoms with Gasteiger partial charge < -0.3 is 0 Å². The van der Waals surface area contributed by atoms with Crippen molar-refractivity contribution in [2.75, 3.05) is 0 Å². The van der Waals surface area contributed by atoms with Gasteiger partial charge in [0.15, 0.2) is 0 Å². The summed E-state index contributed by atoms with van der Waals surface area (Å²) in [5.74, 6) is -26.1. The largest absolute Gasteiger partial charge is 0.416 e. The third kappa shape index (κ3) is 3.64. The molecular formula is C13F24. The van der Waals surface area contributed by atoms with Crippen molar-refractivity contribution in [1.29, 1.82) is 0 Å². The molecule has 1 aliphatic carbocycles. The molecule has 0 aromatic carbocycles. The molecular weight excluding hydrogens is 612 g/mol. The maximum atomic E-state index is 14.0. The predicted octanol–water partition coefficient (Wildman–Crippen LogP) is 8.55. The molecule has 220 valence electrons. The van der Waals surface area contributed by atoms with E-state index in [9.17, 15) is 105 Å². The molecule has 0 nitrogen and oxygen atoms in total. The zero-order valence-electron chi connectivity index (χ0n) is 15.6. The van der Waals surface area contributed by atoms with Crippen LogP contribution < -0.4 is 0 Å². The van der Waals surface area contributed by atoms with Gasteiger partial charge in [-0.2, -0.15) is 105 Å². The molecule has 0 amide bonds. The molecule has 0 heterocycles. The van der Waals surface area contributed by atoms with Crippen LogP contribution in [0.25, 0.3) is 0 Å². The van der Waals surface area contributed by atoms with E-state index in [1.54, 1.807) is 0 Å². The number of hydrogen-bond donors (Lipinski definition) is 0. The van der Waals surface area contributed by atoms with E-state index in [1.807, 2.05) is 0 Å². The highest BCUT2D eigenvalue weighted by Gasteiger charge is 3.00. The van der Waals surface area contributed by atoms with Crippen LogP contribution in [0.3, 0.4) is 0 Å². The third-order valence-electron chi connectivity index (χ3n) is 4.97. The average molecular weight is 612 g/mol. The molecule has 0 radical (unpaired) electrons. The van der Waals surface area contributed by atoms with E-state index in [4.69, 9.17) is 0 Å². The molecule has 0 aliphatic heterocycles. The highest BCUT2D eigenvalue weighted by atomic mass is 19.4. The molecule has 37 heavy (non-hydrogen) atoms. The van der Waals surface area contributed by atoms with Gasteiger partial charge in [0.1, 0.15) is 0 Å². The second-order valence-electron chi connectivity index (χ2n) is 6.96. The lowest BCUT2D eigenvalue weighted by atomic mass is 9.67. The predicted molar refractivity (Wildman–Crippen MR) is 63.1 cm³/mol. The van der Waals surface area contributed by atoms with E-state index in [1.165, 1.54) is 0 Å². The fourth-order valence-corrected chi connectivity index (χ4v) is 3.49. The molecule has 1 rings (SSSR count). The third-order valence-corrected chi connectivity index (χ3v) is 4.97. The van der Waals surface area contributed by atoms with Gasteiger partial charge in [-0.1, -0.05) is 0 Å². The Morgan fingerprint density at radius 2 is 0.432 bits per heavy atom. The molecule has 0 spiro atoms. The summed E-state index contributed by atoms with van der Waals surface area (Å²) in [5, 5.41) is 0. The average Bonchev–Trinajstić information content (AvgIpc) is 2.57. The monoisotopic (exact) mass is 612 g/mol. The Bertz CT molecular complexity index is 773. The van der Waals surface area contributed by atoms with Gasteiger partial charge in [0.2, 0.25) is 0 Å². The van der Waals surface area contributed by atoms with Crippen molar-refractivity contribution < 1.29 is 105 Å². The molecule has 1 aliphatic rings. The topological polar surface area (TPSA) is 0 Å². The molecule has 0 aromatic rings. The van der Waals surface area contributed by atoms with Crippen molar-refractivity contribution in [3.05, 3.63) is 11.1 Å². The molecule has 0 unspecified atom stereocenters. The van der Waals surface area contributed by atoms with Crippen LogP contribution in [-0.2, 0) is 0 Å². The van der Waals surface area contributed by atoms with E-state index in [-0.39, 0.29) is 0 Å². The van der Waals surface area contributed by atoms with Crippen LogP contribution in [0.15, 0.2) is 11.1 Å². The van der Waals surface area contributed by atoms with Gasteiger partial charge in [0.05, 0.1) is 0 Å². The van der Waals surface area contributed by atoms with Crippen LogP contribution in [-0.4, -0.2) is 54.8 Å². The van der Waals surface area contributed by atoms with Gasteiger partial charge in [-0.15, -0.1) is 0 Å². The van der Waals surface area contributed by atoms with Crippen molar-refractivity contribution in [3.63, 3.8) is 0 Å². The summed E-state index contributed by atoms with van der Waals surface area (Å²) in [5.41, 5.74) is -31.7. The van der Waals surface area contributed by atoms with Crippen LogP contribution in [0.1, 0.15) is 0 Å². The first-order chi connectivity index (χ1) is 15.5. The Morgan fingerprint density at radius 3 is 0.541 bits per heavy atom. The summed E-state index contributed by atoms with van der Waals surface area (Å²) in [6.45, 7) is 0. The lowest BCUT2D eigenvalue weighted by molar-refractivity contribution is -0.426. The Hall–Kier alpha value is -1.94. The molecule has 0 atom stereocenters. The lowest BCUT2D eigenvalue weighted by Crippen LogP contribution is -2.66. The minimum atomic E-state index is -9.26. The van der Waals surface area contributed by atoms with Crippen LogP contribution in [0.5, 0.6) is 0 Å². The number of halogens is 24. The standard InChI is InChI=1S/C13F24/c14-5(15)1(3(8(20,21)22,9(23,24)25)10(26,27)28)2(6(16,17)7(5,18)19)4(11(29,30)31,12(32,33)34)13(35,36)37. The van der Waals surface area contributed by atoms with E-state index in [0.29, 0.717) is 0 Å². The van der Waals surface area contributed by atoms with E-state index < -0.39 is 76.8 Å². The van der Waals surface area contributed by atoms with E-state index in [2.05, 4.69) is 0 Å². The molecule has 0 saturated heterocycles. The van der Waals surface area contributed by atoms with Crippen molar-refractivity contribution in [2.45, 2.75) is 54.8 Å². The first kappa shape index (κ1) is 33.1. The fraction of sp³-hybridized carbons (Fsp3) is 0.846. The van der Waals surface area contributed by atoms with Gasteiger partial charge in [-0.3, -0.25) is 0 Å². The van der Waals surface area contributed by atoms with Gasteiger partial charge >= 0.3 is 54.8 Å². The number of rotatable bonds is 2. The van der Waals surface area contributed by atoms with E-state index in [0.717, 1.165) is 0 Å². The molecule has 0 aromatic heterocycles. The Balaban J connectivity index is 5.14. The highest BCUT2D eigenvalue weighted by Crippen LogP contribution is 2.78. The lowest BCUT2D eigenvalue weighted by Gasteiger charge is -2.45. The Labute approximate surface area is 183 Å². The molecule has 24 heteroatoms. The van der Waals surface area contributed by atoms with Crippen molar-refractivity contribution in [1.82, 2.24) is 0 Å². The van der Waals surface area contributed by atoms with Gasteiger partial charge in [0.25, 0.3) is 10.8 Å². The van der Waals surface area contributed by atoms with Crippen LogP contribution >= 0.6 is 0 Å². The molecule has 0 bridgehead atoms. The number of alkyl halides is 24. The maximum absolute atomic E-state index is 14.0. The molecule has 0 N–H and O–H groups in total. The maximum Gasteiger partial charge on any atom is 0.416 e. The Morgan fingerprint density at radius 1 is 0.297 bits per heavy atom. The zero-order valence-corrected chi connectivity index (χ0v) is 15.6. The normalized spacial score (nSPS) is 22.1. The van der Waals surface area contributed by atoms with Gasteiger partial charge in [-0.05, 0) is 0 Å². The number of allylic oxidation sites excluding steroid dienone is 2. The summed E-state index contributed by atoms with van der Waals surface area (Å²) in [7, 11) is 0. The zero-order chi connectivity index (χ0) is 30.7. The van der Waals surface area contributed by atoms with Crippen LogP contribution in [0.2, 0.25) is 0 Å². The summed E-state index contributed by atoms with van der Waals surface area (Å²) < 4.78 is 321. The SMILES string of the molecule is FC(F)(F)C(C1=C(C(C(F)(F)F)(C(F)(F)F)C(F)(F)F)C(F)(F)C(F)(F)C1(F)F)(C(F)(F)F)C(F)(F)F. The fourth-order valence-electron chi connectivity index (χ4n) is 3.49. The quantitative estimate of drug-likeness (QED) is 0.217. The summed E-state index contributed by atoms with van der Waals surface area (Å²) >= 11 is 0. The second kappa shape index (κ2) is 7.58. The minimum Gasteiger partial charge on any atom is -0.194 e. The summed E-state index contributed by atoms with van der Waals surface area (Å²) in [6, 6.07) is 0. The summed E-state index contributed by atoms with van der Waals surface area (Å²) in [4.78, 5) is 0. The second-order valence-corrected chi connectivity index (χ2v) is 6.96. The first-order valence-corrected chi connectivity index (χ1v) is 7.79. The van der Waals surface area contributed by atoms with Crippen molar-refractivity contribution in [2.24, 2.45) is 10.8 Å².